The number of hydrogen-bond donors (Lipinski definition) is 2. The van der Waals surface area contributed by atoms with Gasteiger partial charge in [0.05, 0.1) is 6.10 Å². The monoisotopic (exact) mass is 299 g/mol. The summed E-state index contributed by atoms with van der Waals surface area (Å²) in [4.78, 5) is 24.4. The Balaban J connectivity index is 2.60. The van der Waals surface area contributed by atoms with Gasteiger partial charge in [0.25, 0.3) is 0 Å². The quantitative estimate of drug-likeness (QED) is 0.763. The second-order valence-corrected chi connectivity index (χ2v) is 6.90. The van der Waals surface area contributed by atoms with E-state index in [9.17, 15) is 14.7 Å². The zero-order valence-electron chi connectivity index (χ0n) is 13.6. The summed E-state index contributed by atoms with van der Waals surface area (Å²) in [6, 6.07) is -0.596. The molecule has 1 amide bonds. The van der Waals surface area contributed by atoms with Crippen LogP contribution in [0.25, 0.3) is 0 Å². The molecule has 3 atom stereocenters. The van der Waals surface area contributed by atoms with Crippen LogP contribution in [0.4, 0.5) is 0 Å². The number of nitrogens with one attached hydrogen (secondary N) is 1. The Labute approximate surface area is 127 Å². The second-order valence-electron chi connectivity index (χ2n) is 6.90. The summed E-state index contributed by atoms with van der Waals surface area (Å²) < 4.78 is 5.36. The lowest BCUT2D eigenvalue weighted by Crippen LogP contribution is -2.47. The van der Waals surface area contributed by atoms with Crippen LogP contribution in [-0.2, 0) is 14.3 Å². The molecule has 0 aromatic heterocycles. The van der Waals surface area contributed by atoms with Gasteiger partial charge in [0.15, 0.2) is 0 Å². The van der Waals surface area contributed by atoms with Gasteiger partial charge in [0.2, 0.25) is 5.91 Å². The Bertz CT molecular complexity index is 362. The summed E-state index contributed by atoms with van der Waals surface area (Å²) in [6.07, 6.45) is 3.82. The zero-order chi connectivity index (χ0) is 16.0. The molecule has 1 aliphatic carbocycles. The van der Waals surface area contributed by atoms with Crippen LogP contribution in [0.3, 0.4) is 0 Å². The van der Waals surface area contributed by atoms with Gasteiger partial charge in [-0.05, 0) is 46.5 Å². The van der Waals surface area contributed by atoms with E-state index in [1.54, 1.807) is 0 Å². The molecule has 5 heteroatoms. The minimum Gasteiger partial charge on any atom is -0.458 e. The van der Waals surface area contributed by atoms with Crippen molar-refractivity contribution in [1.29, 1.82) is 0 Å². The third-order valence-electron chi connectivity index (χ3n) is 3.60. The van der Waals surface area contributed by atoms with Crippen LogP contribution in [0.2, 0.25) is 0 Å². The lowest BCUT2D eigenvalue weighted by Gasteiger charge is -2.28. The van der Waals surface area contributed by atoms with Crippen molar-refractivity contribution < 1.29 is 19.4 Å². The second kappa shape index (κ2) is 7.78. The van der Waals surface area contributed by atoms with Gasteiger partial charge in [-0.1, -0.05) is 19.8 Å². The maximum atomic E-state index is 12.3. The fourth-order valence-electron chi connectivity index (χ4n) is 2.60. The third kappa shape index (κ3) is 6.46. The van der Waals surface area contributed by atoms with E-state index in [-0.39, 0.29) is 17.8 Å². The van der Waals surface area contributed by atoms with Crippen molar-refractivity contribution in [2.24, 2.45) is 5.92 Å². The van der Waals surface area contributed by atoms with Crippen LogP contribution in [0.5, 0.6) is 0 Å². The van der Waals surface area contributed by atoms with E-state index in [4.69, 9.17) is 4.74 Å². The van der Waals surface area contributed by atoms with Gasteiger partial charge in [0.1, 0.15) is 11.6 Å². The molecule has 1 saturated carbocycles. The molecule has 0 bridgehead atoms. The lowest BCUT2D eigenvalue weighted by atomic mass is 9.86. The minimum absolute atomic E-state index is 0.141. The molecule has 21 heavy (non-hydrogen) atoms. The first-order valence-electron chi connectivity index (χ1n) is 7.94. The Hall–Kier alpha value is -1.10. The number of esters is 1. The molecule has 0 aliphatic heterocycles. The van der Waals surface area contributed by atoms with E-state index >= 15 is 0 Å². The van der Waals surface area contributed by atoms with E-state index in [0.29, 0.717) is 12.8 Å². The molecule has 1 fully saturated rings. The molecule has 0 aromatic carbocycles. The topological polar surface area (TPSA) is 75.6 Å². The number of amides is 1. The zero-order valence-corrected chi connectivity index (χ0v) is 13.6. The molecular formula is C16H29NO4. The maximum absolute atomic E-state index is 12.3. The standard InChI is InChI=1S/C16H29NO4/c1-5-7-13(15(20)21-16(2,3)4)17-14(19)11-8-6-9-12(18)10-11/h11-13,18H,5-10H2,1-4H3,(H,17,19)/t11-,12+,13+/m1/s1. The Morgan fingerprint density at radius 3 is 2.52 bits per heavy atom. The Kier molecular flexibility index (Phi) is 6.65. The van der Waals surface area contributed by atoms with Gasteiger partial charge in [-0.25, -0.2) is 4.79 Å². The first-order chi connectivity index (χ1) is 9.73. The molecule has 0 heterocycles. The van der Waals surface area contributed by atoms with E-state index < -0.39 is 17.7 Å². The Morgan fingerprint density at radius 1 is 1.33 bits per heavy atom. The number of ether oxygens (including phenoxy) is 1. The van der Waals surface area contributed by atoms with Gasteiger partial charge in [-0.15, -0.1) is 0 Å². The van der Waals surface area contributed by atoms with Crippen LogP contribution in [0.15, 0.2) is 0 Å². The van der Waals surface area contributed by atoms with E-state index in [0.717, 1.165) is 25.7 Å². The first-order valence-corrected chi connectivity index (χ1v) is 7.94. The van der Waals surface area contributed by atoms with Crippen molar-refractivity contribution in [1.82, 2.24) is 5.32 Å². The molecular weight excluding hydrogens is 270 g/mol. The highest BCUT2D eigenvalue weighted by Gasteiger charge is 2.31. The van der Waals surface area contributed by atoms with Crippen LogP contribution < -0.4 is 5.32 Å². The summed E-state index contributed by atoms with van der Waals surface area (Å²) in [7, 11) is 0. The SMILES string of the molecule is CCC[C@H](NC(=O)[C@@H]1CCC[C@H](O)C1)C(=O)OC(C)(C)C. The molecule has 0 spiro atoms. The van der Waals surface area contributed by atoms with Gasteiger partial charge < -0.3 is 15.2 Å². The molecule has 1 aliphatic rings. The van der Waals surface area contributed by atoms with Crippen molar-refractivity contribution in [3.8, 4) is 0 Å². The lowest BCUT2D eigenvalue weighted by molar-refractivity contribution is -0.159. The number of carbonyl (C=O) groups is 2. The number of aliphatic hydroxyl groups excluding tert-OH is 1. The van der Waals surface area contributed by atoms with Gasteiger partial charge in [-0.2, -0.15) is 0 Å². The minimum atomic E-state index is -0.596. The van der Waals surface area contributed by atoms with E-state index in [2.05, 4.69) is 5.32 Å². The molecule has 0 unspecified atom stereocenters. The summed E-state index contributed by atoms with van der Waals surface area (Å²) in [6.45, 7) is 7.40. The number of carbonyl (C=O) groups excluding carboxylic acids is 2. The van der Waals surface area contributed by atoms with E-state index in [1.807, 2.05) is 27.7 Å². The molecule has 0 saturated heterocycles. The van der Waals surface area contributed by atoms with Crippen molar-refractivity contribution in [3.63, 3.8) is 0 Å². The summed E-state index contributed by atoms with van der Waals surface area (Å²) in [5.74, 6) is -0.720. The predicted molar refractivity (Wildman–Crippen MR) is 80.6 cm³/mol. The average Bonchev–Trinajstić information content (AvgIpc) is 2.36. The summed E-state index contributed by atoms with van der Waals surface area (Å²) >= 11 is 0. The van der Waals surface area contributed by atoms with E-state index in [1.165, 1.54) is 0 Å². The van der Waals surface area contributed by atoms with Crippen LogP contribution in [-0.4, -0.2) is 34.7 Å². The largest absolute Gasteiger partial charge is 0.458 e. The van der Waals surface area contributed by atoms with Gasteiger partial charge >= 0.3 is 5.97 Å². The van der Waals surface area contributed by atoms with Crippen molar-refractivity contribution in [3.05, 3.63) is 0 Å². The fraction of sp³-hybridized carbons (Fsp3) is 0.875. The molecule has 2 N–H and O–H groups in total. The molecule has 0 aromatic rings. The first kappa shape index (κ1) is 18.0. The maximum Gasteiger partial charge on any atom is 0.329 e. The normalized spacial score (nSPS) is 24.2. The highest BCUT2D eigenvalue weighted by Crippen LogP contribution is 2.24. The molecule has 0 radical (unpaired) electrons. The van der Waals surface area contributed by atoms with Crippen molar-refractivity contribution in [2.75, 3.05) is 0 Å². The number of hydrogen-bond acceptors (Lipinski definition) is 4. The number of rotatable bonds is 5. The molecule has 5 nitrogen and oxygen atoms in total. The summed E-state index contributed by atoms with van der Waals surface area (Å²) in [5, 5.41) is 12.5. The summed E-state index contributed by atoms with van der Waals surface area (Å²) in [5.41, 5.74) is -0.561. The highest BCUT2D eigenvalue weighted by molar-refractivity contribution is 5.86. The van der Waals surface area contributed by atoms with Crippen molar-refractivity contribution >= 4 is 11.9 Å². The van der Waals surface area contributed by atoms with Crippen LogP contribution in [0.1, 0.15) is 66.2 Å². The smallest absolute Gasteiger partial charge is 0.329 e. The third-order valence-corrected chi connectivity index (χ3v) is 3.60. The number of aliphatic hydroxyl groups is 1. The molecule has 122 valence electrons. The van der Waals surface area contributed by atoms with Crippen LogP contribution >= 0.6 is 0 Å². The Morgan fingerprint density at radius 2 is 2.00 bits per heavy atom. The van der Waals surface area contributed by atoms with Gasteiger partial charge in [-0.3, -0.25) is 4.79 Å². The highest BCUT2D eigenvalue weighted by atomic mass is 16.6. The molecule has 1 rings (SSSR count). The average molecular weight is 299 g/mol. The van der Waals surface area contributed by atoms with Crippen LogP contribution in [0, 0.1) is 5.92 Å². The predicted octanol–water partition coefficient (Wildman–Crippen LogP) is 2.16. The van der Waals surface area contributed by atoms with Gasteiger partial charge in [0, 0.05) is 5.92 Å². The van der Waals surface area contributed by atoms with Crippen molar-refractivity contribution in [2.45, 2.75) is 84.0 Å². The fourth-order valence-corrected chi connectivity index (χ4v) is 2.60.